The zero-order valence-corrected chi connectivity index (χ0v) is 19.2. The highest BCUT2D eigenvalue weighted by molar-refractivity contribution is 7.10. The fourth-order valence-electron chi connectivity index (χ4n) is 3.17. The van der Waals surface area contributed by atoms with E-state index in [9.17, 15) is 26.3 Å². The lowest BCUT2D eigenvalue weighted by Crippen LogP contribution is -2.38. The second-order valence-electron chi connectivity index (χ2n) is 7.52. The molecule has 35 heavy (non-hydrogen) atoms. The van der Waals surface area contributed by atoms with Crippen molar-refractivity contribution in [3.63, 3.8) is 0 Å². The van der Waals surface area contributed by atoms with E-state index in [-0.39, 0.29) is 0 Å². The van der Waals surface area contributed by atoms with Crippen molar-refractivity contribution in [2.45, 2.75) is 62.8 Å². The number of aliphatic carboxylic acids is 2. The monoisotopic (exact) mass is 532 g/mol. The molecule has 0 amide bonds. The maximum atomic E-state index is 10.6. The standard InChI is InChI=1S/C16H24N4S.2C2HF3O2/c17-15-7-2-1-5-13(20-15)12(14-6-4-10-21-14)11-19-16-8-3-9-18-16;2*3-2(4,5)1(6)7/h4,6,10,12-13H,1-3,5,7-9,11H2,(H2,17,20)(H,18,19);2*(H,6,7). The zero-order valence-electron chi connectivity index (χ0n) is 18.4. The van der Waals surface area contributed by atoms with E-state index < -0.39 is 24.3 Å². The summed E-state index contributed by atoms with van der Waals surface area (Å²) in [5.74, 6) is -3.26. The summed E-state index contributed by atoms with van der Waals surface area (Å²) in [5, 5.41) is 31.2. The number of hydrogen-bond donors (Lipinski definition) is 5. The van der Waals surface area contributed by atoms with Gasteiger partial charge in [0, 0.05) is 36.2 Å². The first-order valence-corrected chi connectivity index (χ1v) is 11.3. The molecule has 1 aromatic heterocycles. The fourth-order valence-corrected chi connectivity index (χ4v) is 4.06. The third kappa shape index (κ3) is 11.9. The van der Waals surface area contributed by atoms with Crippen molar-refractivity contribution >= 4 is 34.9 Å². The largest absolute Gasteiger partial charge is 0.490 e. The minimum atomic E-state index is -5.08. The van der Waals surface area contributed by atoms with Gasteiger partial charge in [-0.15, -0.1) is 11.3 Å². The van der Waals surface area contributed by atoms with Crippen molar-refractivity contribution in [3.8, 4) is 0 Å². The molecule has 2 fully saturated rings. The first-order valence-electron chi connectivity index (χ1n) is 10.5. The van der Waals surface area contributed by atoms with E-state index in [1.807, 2.05) is 11.3 Å². The van der Waals surface area contributed by atoms with Crippen LogP contribution in [-0.2, 0) is 9.59 Å². The molecule has 8 nitrogen and oxygen atoms in total. The molecule has 5 N–H and O–H groups in total. The van der Waals surface area contributed by atoms with Crippen molar-refractivity contribution in [3.05, 3.63) is 22.4 Å². The smallest absolute Gasteiger partial charge is 0.475 e. The molecule has 0 bridgehead atoms. The van der Waals surface area contributed by atoms with Gasteiger partial charge in [0.1, 0.15) is 0 Å². The first-order chi connectivity index (χ1) is 16.2. The van der Waals surface area contributed by atoms with Crippen LogP contribution in [0, 0.1) is 5.41 Å². The van der Waals surface area contributed by atoms with Gasteiger partial charge in [-0.2, -0.15) is 26.3 Å². The van der Waals surface area contributed by atoms with E-state index in [0.29, 0.717) is 17.8 Å². The molecule has 3 heterocycles. The molecular weight excluding hydrogens is 506 g/mol. The van der Waals surface area contributed by atoms with Gasteiger partial charge in [-0.1, -0.05) is 12.5 Å². The molecule has 15 heteroatoms. The van der Waals surface area contributed by atoms with E-state index in [1.165, 1.54) is 23.6 Å². The van der Waals surface area contributed by atoms with Crippen molar-refractivity contribution in [2.24, 2.45) is 4.99 Å². The molecule has 2 aliphatic rings. The van der Waals surface area contributed by atoms with Crippen LogP contribution in [0.25, 0.3) is 0 Å². The molecule has 0 aromatic carbocycles. The van der Waals surface area contributed by atoms with Gasteiger partial charge in [0.25, 0.3) is 0 Å². The molecule has 3 rings (SSSR count). The number of amidine groups is 2. The summed E-state index contributed by atoms with van der Waals surface area (Å²) >= 11 is 1.82. The van der Waals surface area contributed by atoms with Gasteiger partial charge < -0.3 is 20.8 Å². The summed E-state index contributed by atoms with van der Waals surface area (Å²) in [7, 11) is 0. The topological polar surface area (TPSA) is 135 Å². The van der Waals surface area contributed by atoms with E-state index in [1.54, 1.807) is 0 Å². The Morgan fingerprint density at radius 3 is 2.14 bits per heavy atom. The summed E-state index contributed by atoms with van der Waals surface area (Å²) < 4.78 is 63.5. The average Bonchev–Trinajstić information content (AvgIpc) is 3.41. The van der Waals surface area contributed by atoms with Gasteiger partial charge in [-0.3, -0.25) is 10.4 Å². The number of halogens is 6. The number of thiophene rings is 1. The molecule has 2 saturated heterocycles. The molecule has 0 radical (unpaired) electrons. The van der Waals surface area contributed by atoms with Crippen LogP contribution in [-0.4, -0.2) is 65.3 Å². The maximum Gasteiger partial charge on any atom is 0.490 e. The summed E-state index contributed by atoms with van der Waals surface area (Å²) in [6.45, 7) is 1.89. The van der Waals surface area contributed by atoms with E-state index in [0.717, 1.165) is 38.8 Å². The second-order valence-corrected chi connectivity index (χ2v) is 8.50. The number of hydrogen-bond acceptors (Lipinski definition) is 5. The second kappa shape index (κ2) is 13.9. The Balaban J connectivity index is 0.000000362. The molecule has 0 aliphatic carbocycles. The lowest BCUT2D eigenvalue weighted by atomic mass is 9.94. The van der Waals surface area contributed by atoms with E-state index in [2.05, 4.69) is 28.1 Å². The summed E-state index contributed by atoms with van der Waals surface area (Å²) in [5.41, 5.74) is 0. The zero-order chi connectivity index (χ0) is 26.6. The Bertz CT molecular complexity index is 827. The van der Waals surface area contributed by atoms with Crippen molar-refractivity contribution in [2.75, 3.05) is 13.1 Å². The van der Waals surface area contributed by atoms with Crippen molar-refractivity contribution < 1.29 is 46.1 Å². The number of nitrogens with zero attached hydrogens (tertiary/aromatic N) is 1. The number of aliphatic imine (C=N–C) groups is 1. The van der Waals surface area contributed by atoms with Crippen LogP contribution in [0.2, 0.25) is 0 Å². The Kier molecular flexibility index (Phi) is 12.0. The lowest BCUT2D eigenvalue weighted by molar-refractivity contribution is -0.193. The number of carboxylic acids is 2. The predicted octanol–water partition coefficient (Wildman–Crippen LogP) is 4.39. The number of carboxylic acid groups (broad SMARTS) is 2. The van der Waals surface area contributed by atoms with Gasteiger partial charge in [-0.05, 0) is 30.7 Å². The van der Waals surface area contributed by atoms with Crippen LogP contribution in [0.15, 0.2) is 22.5 Å². The van der Waals surface area contributed by atoms with Gasteiger partial charge in [0.2, 0.25) is 0 Å². The van der Waals surface area contributed by atoms with Gasteiger partial charge in [0.05, 0.1) is 18.2 Å². The summed E-state index contributed by atoms with van der Waals surface area (Å²) in [6, 6.07) is 4.69. The normalized spacial score (nSPS) is 20.2. The van der Waals surface area contributed by atoms with Crippen LogP contribution >= 0.6 is 11.3 Å². The fraction of sp³-hybridized carbons (Fsp3) is 0.600. The Morgan fingerprint density at radius 2 is 1.69 bits per heavy atom. The summed E-state index contributed by atoms with van der Waals surface area (Å²) in [6.07, 6.45) is -3.50. The van der Waals surface area contributed by atoms with E-state index in [4.69, 9.17) is 30.2 Å². The highest BCUT2D eigenvalue weighted by Gasteiger charge is 2.38. The quantitative estimate of drug-likeness (QED) is 0.365. The maximum absolute atomic E-state index is 10.6. The molecule has 2 aliphatic heterocycles. The Labute approximate surface area is 200 Å². The highest BCUT2D eigenvalue weighted by Crippen LogP contribution is 2.29. The van der Waals surface area contributed by atoms with Crippen molar-refractivity contribution in [1.29, 1.82) is 5.41 Å². The molecule has 1 aromatic rings. The molecule has 2 atom stereocenters. The minimum absolute atomic E-state index is 0.351. The van der Waals surface area contributed by atoms with Gasteiger partial charge in [0.15, 0.2) is 0 Å². The summed E-state index contributed by atoms with van der Waals surface area (Å²) in [4.78, 5) is 24.0. The van der Waals surface area contributed by atoms with Crippen LogP contribution in [0.1, 0.15) is 49.3 Å². The first kappa shape index (κ1) is 30.2. The third-order valence-corrected chi connectivity index (χ3v) is 5.83. The third-order valence-electron chi connectivity index (χ3n) is 4.83. The number of alkyl halides is 6. The molecule has 2 unspecified atom stereocenters. The molecule has 198 valence electrons. The highest BCUT2D eigenvalue weighted by atomic mass is 32.1. The predicted molar refractivity (Wildman–Crippen MR) is 117 cm³/mol. The average molecular weight is 533 g/mol. The minimum Gasteiger partial charge on any atom is -0.475 e. The molecule has 0 saturated carbocycles. The number of nitrogens with one attached hydrogen (secondary N) is 3. The number of carbonyl (C=O) groups is 2. The van der Waals surface area contributed by atoms with Crippen molar-refractivity contribution in [1.82, 2.24) is 10.6 Å². The van der Waals surface area contributed by atoms with Gasteiger partial charge >= 0.3 is 24.3 Å². The lowest BCUT2D eigenvalue weighted by Gasteiger charge is -2.26. The number of rotatable bonds is 4. The van der Waals surface area contributed by atoms with E-state index >= 15 is 0 Å². The van der Waals surface area contributed by atoms with Crippen LogP contribution < -0.4 is 10.6 Å². The van der Waals surface area contributed by atoms with Gasteiger partial charge in [-0.25, -0.2) is 9.59 Å². The SMILES string of the molecule is N=C1CCCCC(C(C/N=C2\CCCN2)c2cccs2)N1.O=C(O)C(F)(F)F.O=C(O)C(F)(F)F. The van der Waals surface area contributed by atoms with Crippen LogP contribution in [0.3, 0.4) is 0 Å². The molecule has 0 spiro atoms. The van der Waals surface area contributed by atoms with Crippen LogP contribution in [0.5, 0.6) is 0 Å². The Morgan fingerprint density at radius 1 is 1.09 bits per heavy atom. The van der Waals surface area contributed by atoms with Crippen LogP contribution in [0.4, 0.5) is 26.3 Å². The Hall–Kier alpha value is -2.84. The molecular formula is C20H26F6N4O4S.